The van der Waals surface area contributed by atoms with Gasteiger partial charge in [0.2, 0.25) is 0 Å². The summed E-state index contributed by atoms with van der Waals surface area (Å²) in [6.07, 6.45) is 3.58. The van der Waals surface area contributed by atoms with Crippen molar-refractivity contribution in [1.82, 2.24) is 4.90 Å². The Hall–Kier alpha value is -3.40. The van der Waals surface area contributed by atoms with Gasteiger partial charge in [-0.25, -0.2) is 0 Å². The van der Waals surface area contributed by atoms with Crippen molar-refractivity contribution < 1.29 is 14.7 Å². The molecule has 4 rings (SSSR count). The normalized spacial score (nSPS) is 14.9. The van der Waals surface area contributed by atoms with Crippen LogP contribution < -0.4 is 0 Å². The summed E-state index contributed by atoms with van der Waals surface area (Å²) in [6.45, 7) is 1.19. The van der Waals surface area contributed by atoms with Gasteiger partial charge < -0.3 is 10.0 Å². The molecule has 1 N–H and O–H groups in total. The molecule has 0 aromatic heterocycles. The van der Waals surface area contributed by atoms with Crippen LogP contribution in [0.3, 0.4) is 0 Å². The van der Waals surface area contributed by atoms with E-state index in [0.29, 0.717) is 19.5 Å². The lowest BCUT2D eigenvalue weighted by molar-refractivity contribution is -0.137. The first-order valence-corrected chi connectivity index (χ1v) is 10.4. The third kappa shape index (κ3) is 4.28. The van der Waals surface area contributed by atoms with Crippen molar-refractivity contribution in [1.29, 1.82) is 0 Å². The molecule has 1 aliphatic rings. The molecule has 1 amide bonds. The minimum Gasteiger partial charge on any atom is -0.481 e. The van der Waals surface area contributed by atoms with Gasteiger partial charge in [0, 0.05) is 31.0 Å². The summed E-state index contributed by atoms with van der Waals surface area (Å²) in [4.78, 5) is 26.2. The van der Waals surface area contributed by atoms with Crippen LogP contribution in [0.15, 0.2) is 84.4 Å². The van der Waals surface area contributed by atoms with Gasteiger partial charge in [-0.05, 0) is 35.2 Å². The first-order chi connectivity index (χ1) is 14.6. The van der Waals surface area contributed by atoms with Gasteiger partial charge in [0.1, 0.15) is 0 Å². The zero-order valence-electron chi connectivity index (χ0n) is 16.8. The maximum atomic E-state index is 13.2. The zero-order valence-corrected chi connectivity index (χ0v) is 16.8. The number of fused-ring (bicyclic) bond motifs is 1. The number of amides is 1. The number of carboxylic acid groups (broad SMARTS) is 1. The smallest absolute Gasteiger partial charge is 0.303 e. The van der Waals surface area contributed by atoms with Crippen LogP contribution in [0.4, 0.5) is 0 Å². The molecule has 1 unspecified atom stereocenters. The number of carboxylic acids is 1. The lowest BCUT2D eigenvalue weighted by Gasteiger charge is -2.30. The number of nitrogens with zero attached hydrogens (tertiary/aromatic N) is 1. The maximum Gasteiger partial charge on any atom is 0.303 e. The highest BCUT2D eigenvalue weighted by atomic mass is 16.4. The molecule has 152 valence electrons. The Morgan fingerprint density at radius 2 is 1.67 bits per heavy atom. The number of hydrogen-bond acceptors (Lipinski definition) is 2. The van der Waals surface area contributed by atoms with Crippen molar-refractivity contribution in [2.45, 2.75) is 25.2 Å². The fourth-order valence-corrected chi connectivity index (χ4v) is 4.29. The first kappa shape index (κ1) is 19.9. The predicted molar refractivity (Wildman–Crippen MR) is 119 cm³/mol. The highest BCUT2D eigenvalue weighted by Crippen LogP contribution is 2.33. The van der Waals surface area contributed by atoms with E-state index in [0.717, 1.165) is 28.3 Å². The summed E-state index contributed by atoms with van der Waals surface area (Å²) < 4.78 is 0. The highest BCUT2D eigenvalue weighted by molar-refractivity contribution is 6.07. The van der Waals surface area contributed by atoms with Crippen LogP contribution in [-0.2, 0) is 4.79 Å². The molecule has 0 fully saturated rings. The zero-order chi connectivity index (χ0) is 20.9. The minimum absolute atomic E-state index is 0.0453. The molecule has 4 heteroatoms. The van der Waals surface area contributed by atoms with Crippen LogP contribution in [-0.4, -0.2) is 35.0 Å². The van der Waals surface area contributed by atoms with Crippen molar-refractivity contribution in [2.75, 3.05) is 13.1 Å². The van der Waals surface area contributed by atoms with Gasteiger partial charge >= 0.3 is 5.97 Å². The van der Waals surface area contributed by atoms with Crippen LogP contribution >= 0.6 is 0 Å². The Kier molecular flexibility index (Phi) is 5.94. The molecular formula is C26H25NO3. The van der Waals surface area contributed by atoms with Crippen LogP contribution in [0.25, 0.3) is 10.8 Å². The van der Waals surface area contributed by atoms with Crippen LogP contribution in [0.5, 0.6) is 0 Å². The number of benzene rings is 3. The summed E-state index contributed by atoms with van der Waals surface area (Å²) in [7, 11) is 0. The molecule has 0 spiro atoms. The molecular weight excluding hydrogens is 374 g/mol. The fraction of sp³-hybridized carbons (Fsp3) is 0.231. The van der Waals surface area contributed by atoms with Gasteiger partial charge in [-0.3, -0.25) is 9.59 Å². The van der Waals surface area contributed by atoms with Crippen molar-refractivity contribution in [3.63, 3.8) is 0 Å². The van der Waals surface area contributed by atoms with Gasteiger partial charge in [-0.15, -0.1) is 0 Å². The highest BCUT2D eigenvalue weighted by Gasteiger charge is 2.25. The summed E-state index contributed by atoms with van der Waals surface area (Å²) in [5.41, 5.74) is 3.10. The summed E-state index contributed by atoms with van der Waals surface area (Å²) in [6, 6.07) is 23.9. The molecule has 0 saturated carbocycles. The standard InChI is InChI=1S/C26H25NO3/c28-25(29)14-13-22(19-7-2-1-3-8-19)21-15-17-27(18-16-21)26(30)24-12-6-10-20-9-4-5-11-23(20)24/h1-12,15,22H,13-14,16-18H2,(H,28,29). The van der Waals surface area contributed by atoms with Crippen molar-refractivity contribution >= 4 is 22.6 Å². The molecule has 0 saturated heterocycles. The fourth-order valence-electron chi connectivity index (χ4n) is 4.29. The molecule has 0 aliphatic carbocycles. The second-order valence-electron chi connectivity index (χ2n) is 7.70. The van der Waals surface area contributed by atoms with E-state index in [-0.39, 0.29) is 18.2 Å². The van der Waals surface area contributed by atoms with Crippen LogP contribution in [0.2, 0.25) is 0 Å². The summed E-state index contributed by atoms with van der Waals surface area (Å²) in [5, 5.41) is 11.2. The van der Waals surface area contributed by atoms with E-state index in [1.165, 1.54) is 5.57 Å². The predicted octanol–water partition coefficient (Wildman–Crippen LogP) is 5.26. The molecule has 1 atom stereocenters. The van der Waals surface area contributed by atoms with E-state index in [1.54, 1.807) is 0 Å². The van der Waals surface area contributed by atoms with Gasteiger partial charge in [-0.2, -0.15) is 0 Å². The minimum atomic E-state index is -0.778. The monoisotopic (exact) mass is 399 g/mol. The van der Waals surface area contributed by atoms with Gasteiger partial charge in [0.25, 0.3) is 5.91 Å². The SMILES string of the molecule is O=C(O)CCC(C1=CCN(C(=O)c2cccc3ccccc23)CC1)c1ccccc1. The third-order valence-corrected chi connectivity index (χ3v) is 5.85. The number of carbonyl (C=O) groups is 2. The van der Waals surface area contributed by atoms with E-state index in [4.69, 9.17) is 5.11 Å². The average molecular weight is 399 g/mol. The van der Waals surface area contributed by atoms with E-state index >= 15 is 0 Å². The quantitative estimate of drug-likeness (QED) is 0.575. The average Bonchev–Trinajstić information content (AvgIpc) is 2.79. The molecule has 1 heterocycles. The van der Waals surface area contributed by atoms with Crippen molar-refractivity contribution in [3.8, 4) is 0 Å². The van der Waals surface area contributed by atoms with E-state index in [1.807, 2.05) is 65.6 Å². The Labute approximate surface area is 176 Å². The molecule has 3 aromatic carbocycles. The second-order valence-corrected chi connectivity index (χ2v) is 7.70. The van der Waals surface area contributed by atoms with Gasteiger partial charge in [0.05, 0.1) is 0 Å². The van der Waals surface area contributed by atoms with Crippen molar-refractivity contribution in [2.24, 2.45) is 0 Å². The lowest BCUT2D eigenvalue weighted by atomic mass is 9.84. The Bertz CT molecular complexity index is 1080. The van der Waals surface area contributed by atoms with E-state index in [9.17, 15) is 9.59 Å². The van der Waals surface area contributed by atoms with Crippen LogP contribution in [0, 0.1) is 0 Å². The summed E-state index contributed by atoms with van der Waals surface area (Å²) >= 11 is 0. The second kappa shape index (κ2) is 8.95. The Morgan fingerprint density at radius 1 is 0.933 bits per heavy atom. The largest absolute Gasteiger partial charge is 0.481 e. The molecule has 0 bridgehead atoms. The third-order valence-electron chi connectivity index (χ3n) is 5.85. The number of rotatable bonds is 6. The van der Waals surface area contributed by atoms with Crippen LogP contribution in [0.1, 0.15) is 41.1 Å². The molecule has 1 aliphatic heterocycles. The van der Waals surface area contributed by atoms with Gasteiger partial charge in [-0.1, -0.05) is 78.4 Å². The van der Waals surface area contributed by atoms with E-state index in [2.05, 4.69) is 18.2 Å². The Balaban J connectivity index is 1.54. The summed E-state index contributed by atoms with van der Waals surface area (Å²) in [5.74, 6) is -0.652. The molecule has 3 aromatic rings. The van der Waals surface area contributed by atoms with Gasteiger partial charge in [0.15, 0.2) is 0 Å². The maximum absolute atomic E-state index is 13.2. The number of aliphatic carboxylic acids is 1. The molecule has 0 radical (unpaired) electrons. The lowest BCUT2D eigenvalue weighted by Crippen LogP contribution is -2.35. The topological polar surface area (TPSA) is 57.6 Å². The Morgan fingerprint density at radius 3 is 2.40 bits per heavy atom. The number of hydrogen-bond donors (Lipinski definition) is 1. The molecule has 4 nitrogen and oxygen atoms in total. The van der Waals surface area contributed by atoms with Crippen molar-refractivity contribution in [3.05, 3.63) is 95.6 Å². The molecule has 30 heavy (non-hydrogen) atoms. The first-order valence-electron chi connectivity index (χ1n) is 10.4. The van der Waals surface area contributed by atoms with E-state index < -0.39 is 5.97 Å². The number of carbonyl (C=O) groups excluding carboxylic acids is 1.